The van der Waals surface area contributed by atoms with Gasteiger partial charge in [-0.3, -0.25) is 0 Å². The lowest BCUT2D eigenvalue weighted by molar-refractivity contribution is 0.609. The Kier molecular flexibility index (Phi) is 3.96. The van der Waals surface area contributed by atoms with Crippen molar-refractivity contribution in [3.63, 3.8) is 0 Å². The van der Waals surface area contributed by atoms with E-state index in [1.54, 1.807) is 11.1 Å². The average molecular weight is 244 g/mol. The van der Waals surface area contributed by atoms with Gasteiger partial charge in [-0.05, 0) is 61.8 Å². The molecular formula is C16H24N2. The summed E-state index contributed by atoms with van der Waals surface area (Å²) in [5, 5.41) is 7.05. The average Bonchev–Trinajstić information content (AvgIpc) is 3.09. The minimum Gasteiger partial charge on any atom is -0.315 e. The molecule has 0 aliphatic heterocycles. The van der Waals surface area contributed by atoms with Gasteiger partial charge in [0.15, 0.2) is 0 Å². The van der Waals surface area contributed by atoms with Gasteiger partial charge in [0.05, 0.1) is 0 Å². The summed E-state index contributed by atoms with van der Waals surface area (Å²) < 4.78 is 0. The highest BCUT2D eigenvalue weighted by Gasteiger charge is 2.19. The Balaban J connectivity index is 1.34. The third kappa shape index (κ3) is 3.33. The van der Waals surface area contributed by atoms with E-state index in [2.05, 4.69) is 28.8 Å². The van der Waals surface area contributed by atoms with Crippen LogP contribution < -0.4 is 10.6 Å². The summed E-state index contributed by atoms with van der Waals surface area (Å²) in [6.45, 7) is 3.32. The third-order valence-electron chi connectivity index (χ3n) is 4.07. The summed E-state index contributed by atoms with van der Waals surface area (Å²) in [6.07, 6.45) is 7.87. The minimum atomic E-state index is 0.837. The molecule has 0 radical (unpaired) electrons. The van der Waals surface area contributed by atoms with Crippen molar-refractivity contribution in [3.8, 4) is 0 Å². The van der Waals surface area contributed by atoms with Crippen LogP contribution in [0, 0.1) is 0 Å². The first-order valence-electron chi connectivity index (χ1n) is 7.46. The molecule has 0 aromatic heterocycles. The van der Waals surface area contributed by atoms with E-state index in [4.69, 9.17) is 0 Å². The molecule has 0 amide bonds. The second-order valence-electron chi connectivity index (χ2n) is 5.69. The van der Waals surface area contributed by atoms with E-state index in [0.717, 1.165) is 32.1 Å². The Bertz CT molecular complexity index is 396. The first kappa shape index (κ1) is 12.2. The number of nitrogens with one attached hydrogen (secondary N) is 2. The van der Waals surface area contributed by atoms with Crippen LogP contribution in [0.2, 0.25) is 0 Å². The molecule has 2 heteroatoms. The molecule has 0 heterocycles. The van der Waals surface area contributed by atoms with Crippen LogP contribution in [-0.4, -0.2) is 25.7 Å². The molecule has 0 bridgehead atoms. The number of benzene rings is 1. The van der Waals surface area contributed by atoms with Gasteiger partial charge in [0.25, 0.3) is 0 Å². The Morgan fingerprint density at radius 2 is 1.89 bits per heavy atom. The van der Waals surface area contributed by atoms with Gasteiger partial charge < -0.3 is 10.6 Å². The highest BCUT2D eigenvalue weighted by Crippen LogP contribution is 2.22. The molecule has 0 atom stereocenters. The van der Waals surface area contributed by atoms with Crippen molar-refractivity contribution >= 4 is 0 Å². The SMILES string of the molecule is c1cc2c(cc1CCNCCNC1CC1)CCC2. The zero-order chi connectivity index (χ0) is 12.2. The fourth-order valence-electron chi connectivity index (χ4n) is 2.79. The summed E-state index contributed by atoms with van der Waals surface area (Å²) in [5.74, 6) is 0. The van der Waals surface area contributed by atoms with Gasteiger partial charge in [-0.15, -0.1) is 0 Å². The lowest BCUT2D eigenvalue weighted by atomic mass is 10.0. The standard InChI is InChI=1S/C16H24N2/c1-2-14-5-4-13(12-15(14)3-1)8-9-17-10-11-18-16-6-7-16/h4-5,12,16-18H,1-3,6-11H2. The molecule has 1 aromatic rings. The van der Waals surface area contributed by atoms with Crippen molar-refractivity contribution < 1.29 is 0 Å². The van der Waals surface area contributed by atoms with E-state index in [1.807, 2.05) is 0 Å². The molecule has 0 unspecified atom stereocenters. The van der Waals surface area contributed by atoms with Crippen molar-refractivity contribution in [1.29, 1.82) is 0 Å². The fourth-order valence-corrected chi connectivity index (χ4v) is 2.79. The van der Waals surface area contributed by atoms with Crippen molar-refractivity contribution in [3.05, 3.63) is 34.9 Å². The molecule has 1 aromatic carbocycles. The van der Waals surface area contributed by atoms with Gasteiger partial charge in [0.1, 0.15) is 0 Å². The van der Waals surface area contributed by atoms with E-state index in [1.165, 1.54) is 37.7 Å². The summed E-state index contributed by atoms with van der Waals surface area (Å²) in [7, 11) is 0. The Morgan fingerprint density at radius 1 is 1.00 bits per heavy atom. The molecule has 2 N–H and O–H groups in total. The maximum Gasteiger partial charge on any atom is 0.00793 e. The normalized spacial score (nSPS) is 18.0. The molecule has 18 heavy (non-hydrogen) atoms. The maximum atomic E-state index is 3.53. The molecular weight excluding hydrogens is 220 g/mol. The lowest BCUT2D eigenvalue weighted by Gasteiger charge is -2.07. The quantitative estimate of drug-likeness (QED) is 0.717. The van der Waals surface area contributed by atoms with E-state index >= 15 is 0 Å². The fraction of sp³-hybridized carbons (Fsp3) is 0.625. The predicted octanol–water partition coefficient (Wildman–Crippen LogP) is 2.06. The highest BCUT2D eigenvalue weighted by molar-refractivity contribution is 5.35. The van der Waals surface area contributed by atoms with Crippen molar-refractivity contribution in [2.45, 2.75) is 44.6 Å². The third-order valence-corrected chi connectivity index (χ3v) is 4.07. The summed E-state index contributed by atoms with van der Waals surface area (Å²) in [6, 6.07) is 7.91. The molecule has 2 aliphatic rings. The molecule has 98 valence electrons. The minimum absolute atomic E-state index is 0.837. The largest absolute Gasteiger partial charge is 0.315 e. The van der Waals surface area contributed by atoms with Crippen LogP contribution in [0.5, 0.6) is 0 Å². The summed E-state index contributed by atoms with van der Waals surface area (Å²) in [5.41, 5.74) is 4.68. The van der Waals surface area contributed by atoms with Crippen LogP contribution in [0.25, 0.3) is 0 Å². The molecule has 1 fully saturated rings. The van der Waals surface area contributed by atoms with Crippen LogP contribution >= 0.6 is 0 Å². The smallest absolute Gasteiger partial charge is 0.00793 e. The second-order valence-corrected chi connectivity index (χ2v) is 5.69. The van der Waals surface area contributed by atoms with Crippen LogP contribution in [-0.2, 0) is 19.3 Å². The van der Waals surface area contributed by atoms with Crippen molar-refractivity contribution in [2.24, 2.45) is 0 Å². The zero-order valence-corrected chi connectivity index (χ0v) is 11.2. The highest BCUT2D eigenvalue weighted by atomic mass is 15.0. The Labute approximate surface area is 110 Å². The van der Waals surface area contributed by atoms with E-state index < -0.39 is 0 Å². The number of fused-ring (bicyclic) bond motifs is 1. The molecule has 2 nitrogen and oxygen atoms in total. The molecule has 0 spiro atoms. The first-order valence-corrected chi connectivity index (χ1v) is 7.46. The monoisotopic (exact) mass is 244 g/mol. The van der Waals surface area contributed by atoms with Gasteiger partial charge in [0.2, 0.25) is 0 Å². The molecule has 1 saturated carbocycles. The van der Waals surface area contributed by atoms with Gasteiger partial charge in [-0.2, -0.15) is 0 Å². The number of hydrogen-bond donors (Lipinski definition) is 2. The molecule has 2 aliphatic carbocycles. The zero-order valence-electron chi connectivity index (χ0n) is 11.2. The van der Waals surface area contributed by atoms with E-state index in [0.29, 0.717) is 0 Å². The predicted molar refractivity (Wildman–Crippen MR) is 76.1 cm³/mol. The van der Waals surface area contributed by atoms with Gasteiger partial charge in [-0.1, -0.05) is 18.2 Å². The maximum absolute atomic E-state index is 3.53. The van der Waals surface area contributed by atoms with Gasteiger partial charge >= 0.3 is 0 Å². The van der Waals surface area contributed by atoms with Gasteiger partial charge in [-0.25, -0.2) is 0 Å². The van der Waals surface area contributed by atoms with Crippen molar-refractivity contribution in [2.75, 3.05) is 19.6 Å². The van der Waals surface area contributed by atoms with Gasteiger partial charge in [0, 0.05) is 19.1 Å². The Hall–Kier alpha value is -0.860. The first-order chi connectivity index (χ1) is 8.92. The lowest BCUT2D eigenvalue weighted by Crippen LogP contribution is -2.29. The van der Waals surface area contributed by atoms with Crippen LogP contribution in [0.15, 0.2) is 18.2 Å². The number of hydrogen-bond acceptors (Lipinski definition) is 2. The topological polar surface area (TPSA) is 24.1 Å². The molecule has 0 saturated heterocycles. The van der Waals surface area contributed by atoms with E-state index in [9.17, 15) is 0 Å². The Morgan fingerprint density at radius 3 is 2.78 bits per heavy atom. The number of rotatable bonds is 7. The summed E-state index contributed by atoms with van der Waals surface area (Å²) in [4.78, 5) is 0. The summed E-state index contributed by atoms with van der Waals surface area (Å²) >= 11 is 0. The van der Waals surface area contributed by atoms with Crippen LogP contribution in [0.3, 0.4) is 0 Å². The van der Waals surface area contributed by atoms with Crippen molar-refractivity contribution in [1.82, 2.24) is 10.6 Å². The number of aryl methyl sites for hydroxylation is 2. The van der Waals surface area contributed by atoms with Crippen LogP contribution in [0.1, 0.15) is 36.0 Å². The van der Waals surface area contributed by atoms with Crippen LogP contribution in [0.4, 0.5) is 0 Å². The second kappa shape index (κ2) is 5.85. The molecule has 3 rings (SSSR count). The van der Waals surface area contributed by atoms with E-state index in [-0.39, 0.29) is 0 Å².